The Morgan fingerprint density at radius 3 is 2.42 bits per heavy atom. The van der Waals surface area contributed by atoms with Gasteiger partial charge in [-0.1, -0.05) is 12.1 Å². The zero-order valence-corrected chi connectivity index (χ0v) is 12.1. The van der Waals surface area contributed by atoms with Crippen LogP contribution in [-0.4, -0.2) is 17.4 Å². The number of hydrogen-bond donors (Lipinski definition) is 2. The van der Waals surface area contributed by atoms with Crippen LogP contribution in [-0.2, 0) is 11.0 Å². The molecule has 2 aromatic rings. The molecule has 24 heavy (non-hydrogen) atoms. The lowest BCUT2D eigenvalue weighted by atomic mass is 10.2. The van der Waals surface area contributed by atoms with E-state index in [1.54, 1.807) is 0 Å². The molecule has 0 aliphatic rings. The minimum absolute atomic E-state index is 0.00988. The van der Waals surface area contributed by atoms with Gasteiger partial charge < -0.3 is 10.6 Å². The van der Waals surface area contributed by atoms with Crippen LogP contribution in [0.25, 0.3) is 0 Å². The Morgan fingerprint density at radius 2 is 1.75 bits per heavy atom. The number of carbonyl (C=O) groups excluding carboxylic acids is 1. The summed E-state index contributed by atoms with van der Waals surface area (Å²) in [5.41, 5.74) is -0.649. The predicted molar refractivity (Wildman–Crippen MR) is 81.7 cm³/mol. The summed E-state index contributed by atoms with van der Waals surface area (Å²) >= 11 is 0. The highest BCUT2D eigenvalue weighted by Crippen LogP contribution is 2.30. The molecule has 0 unspecified atom stereocenters. The lowest BCUT2D eigenvalue weighted by Crippen LogP contribution is -2.22. The van der Waals surface area contributed by atoms with Gasteiger partial charge in [0.1, 0.15) is 0 Å². The number of alkyl halides is 3. The van der Waals surface area contributed by atoms with Crippen LogP contribution in [0.15, 0.2) is 48.5 Å². The van der Waals surface area contributed by atoms with Crippen LogP contribution in [0.1, 0.15) is 5.56 Å². The molecule has 0 bridgehead atoms. The Bertz CT molecular complexity index is 763. The Morgan fingerprint density at radius 1 is 1.08 bits per heavy atom. The largest absolute Gasteiger partial charge is 0.416 e. The van der Waals surface area contributed by atoms with E-state index < -0.39 is 22.6 Å². The maximum atomic E-state index is 12.6. The Labute approximate surface area is 134 Å². The summed E-state index contributed by atoms with van der Waals surface area (Å²) in [6.07, 6.45) is -4.50. The van der Waals surface area contributed by atoms with Crippen molar-refractivity contribution in [1.29, 1.82) is 0 Å². The van der Waals surface area contributed by atoms with Gasteiger partial charge in [0.15, 0.2) is 0 Å². The van der Waals surface area contributed by atoms with Crippen molar-refractivity contribution in [3.63, 3.8) is 0 Å². The van der Waals surface area contributed by atoms with Crippen LogP contribution < -0.4 is 10.6 Å². The van der Waals surface area contributed by atoms with E-state index in [1.165, 1.54) is 36.4 Å². The van der Waals surface area contributed by atoms with Gasteiger partial charge >= 0.3 is 6.18 Å². The second kappa shape index (κ2) is 6.99. The van der Waals surface area contributed by atoms with Gasteiger partial charge in [-0.05, 0) is 24.3 Å². The number of nitrogens with one attached hydrogen (secondary N) is 2. The van der Waals surface area contributed by atoms with Gasteiger partial charge in [0.05, 0.1) is 17.0 Å². The maximum Gasteiger partial charge on any atom is 0.416 e. The van der Waals surface area contributed by atoms with E-state index in [0.717, 1.165) is 12.1 Å². The number of benzene rings is 2. The van der Waals surface area contributed by atoms with Crippen molar-refractivity contribution in [2.24, 2.45) is 0 Å². The van der Waals surface area contributed by atoms with Crippen molar-refractivity contribution >= 4 is 23.0 Å². The summed E-state index contributed by atoms with van der Waals surface area (Å²) in [5.74, 6) is -0.583. The van der Waals surface area contributed by atoms with E-state index in [0.29, 0.717) is 5.69 Å². The molecule has 0 fully saturated rings. The topological polar surface area (TPSA) is 84.3 Å². The van der Waals surface area contributed by atoms with E-state index in [1.807, 2.05) is 0 Å². The van der Waals surface area contributed by atoms with Gasteiger partial charge in [0, 0.05) is 23.5 Å². The summed E-state index contributed by atoms with van der Waals surface area (Å²) in [6, 6.07) is 9.77. The lowest BCUT2D eigenvalue weighted by molar-refractivity contribution is -0.384. The summed E-state index contributed by atoms with van der Waals surface area (Å²) < 4.78 is 37.8. The van der Waals surface area contributed by atoms with Crippen LogP contribution in [0.3, 0.4) is 0 Å². The highest BCUT2D eigenvalue weighted by atomic mass is 19.4. The molecule has 0 radical (unpaired) electrons. The average Bonchev–Trinajstić information content (AvgIpc) is 2.52. The summed E-state index contributed by atoms with van der Waals surface area (Å²) in [5, 5.41) is 15.6. The number of rotatable bonds is 5. The zero-order chi connectivity index (χ0) is 17.7. The molecule has 0 aromatic heterocycles. The fourth-order valence-electron chi connectivity index (χ4n) is 1.89. The summed E-state index contributed by atoms with van der Waals surface area (Å²) in [6.45, 7) is -0.253. The number of amides is 1. The SMILES string of the molecule is O=C(CNc1cccc([N+](=O)[O-])c1)Nc1cccc(C(F)(F)F)c1. The Balaban J connectivity index is 1.97. The molecule has 9 heteroatoms. The van der Waals surface area contributed by atoms with Crippen molar-refractivity contribution < 1.29 is 22.9 Å². The molecule has 126 valence electrons. The second-order valence-corrected chi connectivity index (χ2v) is 4.79. The molecule has 0 spiro atoms. The van der Waals surface area contributed by atoms with Gasteiger partial charge in [-0.15, -0.1) is 0 Å². The first-order chi connectivity index (χ1) is 11.3. The van der Waals surface area contributed by atoms with E-state index in [-0.39, 0.29) is 17.9 Å². The molecule has 0 saturated carbocycles. The van der Waals surface area contributed by atoms with Gasteiger partial charge in [-0.25, -0.2) is 0 Å². The van der Waals surface area contributed by atoms with Crippen molar-refractivity contribution in [2.45, 2.75) is 6.18 Å². The first kappa shape index (κ1) is 17.3. The van der Waals surface area contributed by atoms with E-state index in [4.69, 9.17) is 0 Å². The zero-order valence-electron chi connectivity index (χ0n) is 12.1. The fraction of sp³-hybridized carbons (Fsp3) is 0.133. The monoisotopic (exact) mass is 339 g/mol. The number of nitrogens with zero attached hydrogens (tertiary/aromatic N) is 1. The molecule has 0 heterocycles. The average molecular weight is 339 g/mol. The molecule has 0 atom stereocenters. The first-order valence-corrected chi connectivity index (χ1v) is 6.71. The molecule has 2 aromatic carbocycles. The smallest absolute Gasteiger partial charge is 0.376 e. The van der Waals surface area contributed by atoms with Crippen LogP contribution in [0.2, 0.25) is 0 Å². The van der Waals surface area contributed by atoms with Crippen LogP contribution in [0.4, 0.5) is 30.2 Å². The van der Waals surface area contributed by atoms with Crippen LogP contribution >= 0.6 is 0 Å². The minimum atomic E-state index is -4.50. The Hall–Kier alpha value is -3.10. The number of nitro groups is 1. The number of nitro benzene ring substituents is 1. The molecule has 1 amide bonds. The van der Waals surface area contributed by atoms with Crippen LogP contribution in [0, 0.1) is 10.1 Å². The van der Waals surface area contributed by atoms with Gasteiger partial charge in [0.25, 0.3) is 5.69 Å². The van der Waals surface area contributed by atoms with Crippen molar-refractivity contribution in [3.8, 4) is 0 Å². The normalized spacial score (nSPS) is 11.0. The molecular weight excluding hydrogens is 327 g/mol. The number of halogens is 3. The molecule has 2 rings (SSSR count). The second-order valence-electron chi connectivity index (χ2n) is 4.79. The highest BCUT2D eigenvalue weighted by molar-refractivity contribution is 5.93. The minimum Gasteiger partial charge on any atom is -0.376 e. The third-order valence-corrected chi connectivity index (χ3v) is 2.98. The van der Waals surface area contributed by atoms with Crippen molar-refractivity contribution in [2.75, 3.05) is 17.2 Å². The van der Waals surface area contributed by atoms with E-state index in [2.05, 4.69) is 10.6 Å². The first-order valence-electron chi connectivity index (χ1n) is 6.71. The summed E-state index contributed by atoms with van der Waals surface area (Å²) in [4.78, 5) is 21.9. The summed E-state index contributed by atoms with van der Waals surface area (Å²) in [7, 11) is 0. The Kier molecular flexibility index (Phi) is 5.02. The number of carbonyl (C=O) groups is 1. The molecular formula is C15H12F3N3O3. The molecule has 0 aliphatic heterocycles. The van der Waals surface area contributed by atoms with Crippen molar-refractivity contribution in [3.05, 3.63) is 64.2 Å². The van der Waals surface area contributed by atoms with E-state index in [9.17, 15) is 28.1 Å². The number of hydrogen-bond acceptors (Lipinski definition) is 4. The fourth-order valence-corrected chi connectivity index (χ4v) is 1.89. The lowest BCUT2D eigenvalue weighted by Gasteiger charge is -2.10. The van der Waals surface area contributed by atoms with Crippen molar-refractivity contribution in [1.82, 2.24) is 0 Å². The third-order valence-electron chi connectivity index (χ3n) is 2.98. The predicted octanol–water partition coefficient (Wildman–Crippen LogP) is 3.66. The number of non-ortho nitro benzene ring substituents is 1. The molecule has 6 nitrogen and oxygen atoms in total. The maximum absolute atomic E-state index is 12.6. The molecule has 0 saturated heterocycles. The molecule has 0 aliphatic carbocycles. The molecule has 2 N–H and O–H groups in total. The van der Waals surface area contributed by atoms with Crippen LogP contribution in [0.5, 0.6) is 0 Å². The standard InChI is InChI=1S/C15H12F3N3O3/c16-15(17,18)10-3-1-5-12(7-10)20-14(22)9-19-11-4-2-6-13(8-11)21(23)24/h1-8,19H,9H2,(H,20,22). The van der Waals surface area contributed by atoms with Gasteiger partial charge in [0.2, 0.25) is 5.91 Å². The van der Waals surface area contributed by atoms with Gasteiger partial charge in [-0.3, -0.25) is 14.9 Å². The highest BCUT2D eigenvalue weighted by Gasteiger charge is 2.30. The number of anilines is 2. The quantitative estimate of drug-likeness (QED) is 0.643. The van der Waals surface area contributed by atoms with E-state index >= 15 is 0 Å². The third kappa shape index (κ3) is 4.70. The van der Waals surface area contributed by atoms with Gasteiger partial charge in [-0.2, -0.15) is 13.2 Å².